The smallest absolute Gasteiger partial charge is 0.319 e. The van der Waals surface area contributed by atoms with Gasteiger partial charge < -0.3 is 24.8 Å². The average Bonchev–Trinajstić information content (AvgIpc) is 3.07. The van der Waals surface area contributed by atoms with E-state index in [0.717, 1.165) is 23.4 Å². The molecule has 1 heterocycles. The molecule has 2 aromatic carbocycles. The normalized spacial score (nSPS) is 12.1. The van der Waals surface area contributed by atoms with E-state index in [1.54, 1.807) is 0 Å². The Morgan fingerprint density at radius 2 is 2.00 bits per heavy atom. The van der Waals surface area contributed by atoms with Crippen molar-refractivity contribution in [3.8, 4) is 17.2 Å². The number of fused-ring (bicyclic) bond motifs is 1. The van der Waals surface area contributed by atoms with Crippen LogP contribution in [0.2, 0.25) is 0 Å². The zero-order valence-electron chi connectivity index (χ0n) is 15.1. The van der Waals surface area contributed by atoms with Crippen LogP contribution >= 0.6 is 0 Å². The van der Waals surface area contributed by atoms with E-state index in [0.29, 0.717) is 30.6 Å². The number of amides is 2. The van der Waals surface area contributed by atoms with E-state index < -0.39 is 0 Å². The molecule has 0 aliphatic carbocycles. The SMILES string of the molecule is CC(C)CCNC(=O)Nc1cccc(COc2ccc3c(c2)OCO3)c1. The minimum absolute atomic E-state index is 0.195. The number of urea groups is 1. The maximum atomic E-state index is 11.9. The summed E-state index contributed by atoms with van der Waals surface area (Å²) in [6.45, 7) is 5.55. The highest BCUT2D eigenvalue weighted by Gasteiger charge is 2.13. The maximum Gasteiger partial charge on any atom is 0.319 e. The van der Waals surface area contributed by atoms with Gasteiger partial charge in [0.25, 0.3) is 0 Å². The Morgan fingerprint density at radius 1 is 1.15 bits per heavy atom. The van der Waals surface area contributed by atoms with Crippen molar-refractivity contribution in [1.29, 1.82) is 0 Å². The Bertz CT molecular complexity index is 761. The van der Waals surface area contributed by atoms with Crippen LogP contribution in [0.25, 0.3) is 0 Å². The Labute approximate surface area is 153 Å². The summed E-state index contributed by atoms with van der Waals surface area (Å²) >= 11 is 0. The zero-order chi connectivity index (χ0) is 18.4. The van der Waals surface area contributed by atoms with Crippen LogP contribution in [0.1, 0.15) is 25.8 Å². The molecule has 0 fully saturated rings. The number of nitrogens with one attached hydrogen (secondary N) is 2. The predicted octanol–water partition coefficient (Wildman–Crippen LogP) is 4.16. The van der Waals surface area contributed by atoms with Crippen molar-refractivity contribution in [2.45, 2.75) is 26.9 Å². The second-order valence-corrected chi connectivity index (χ2v) is 6.57. The van der Waals surface area contributed by atoms with Crippen molar-refractivity contribution in [2.75, 3.05) is 18.7 Å². The van der Waals surface area contributed by atoms with E-state index in [-0.39, 0.29) is 12.8 Å². The number of hydrogen-bond acceptors (Lipinski definition) is 4. The molecule has 0 radical (unpaired) electrons. The number of benzene rings is 2. The molecule has 6 heteroatoms. The minimum atomic E-state index is -0.195. The standard InChI is InChI=1S/C20H24N2O4/c1-14(2)8-9-21-20(23)22-16-5-3-4-15(10-16)12-24-17-6-7-18-19(11-17)26-13-25-18/h3-7,10-11,14H,8-9,12-13H2,1-2H3,(H2,21,22,23). The van der Waals surface area contributed by atoms with Gasteiger partial charge in [-0.2, -0.15) is 0 Å². The van der Waals surface area contributed by atoms with E-state index in [9.17, 15) is 4.79 Å². The van der Waals surface area contributed by atoms with Crippen molar-refractivity contribution >= 4 is 11.7 Å². The Hall–Kier alpha value is -2.89. The van der Waals surface area contributed by atoms with E-state index >= 15 is 0 Å². The molecule has 0 saturated heterocycles. The number of carbonyl (C=O) groups excluding carboxylic acids is 1. The van der Waals surface area contributed by atoms with Gasteiger partial charge in [0.1, 0.15) is 12.4 Å². The molecule has 0 bridgehead atoms. The van der Waals surface area contributed by atoms with Crippen molar-refractivity contribution in [1.82, 2.24) is 5.32 Å². The first-order chi connectivity index (χ1) is 12.6. The maximum absolute atomic E-state index is 11.9. The molecule has 0 saturated carbocycles. The summed E-state index contributed by atoms with van der Waals surface area (Å²) in [5, 5.41) is 5.70. The summed E-state index contributed by atoms with van der Waals surface area (Å²) in [7, 11) is 0. The third-order valence-electron chi connectivity index (χ3n) is 3.94. The van der Waals surface area contributed by atoms with Crippen LogP contribution in [0.5, 0.6) is 17.2 Å². The van der Waals surface area contributed by atoms with Gasteiger partial charge in [-0.05, 0) is 42.2 Å². The Morgan fingerprint density at radius 3 is 2.85 bits per heavy atom. The third-order valence-corrected chi connectivity index (χ3v) is 3.94. The fraction of sp³-hybridized carbons (Fsp3) is 0.350. The molecule has 0 unspecified atom stereocenters. The molecule has 3 rings (SSSR count). The van der Waals surface area contributed by atoms with Crippen LogP contribution in [-0.2, 0) is 6.61 Å². The van der Waals surface area contributed by atoms with Crippen LogP contribution in [-0.4, -0.2) is 19.4 Å². The van der Waals surface area contributed by atoms with Crippen LogP contribution in [0.4, 0.5) is 10.5 Å². The molecular weight excluding hydrogens is 332 g/mol. The van der Waals surface area contributed by atoms with E-state index in [1.807, 2.05) is 42.5 Å². The molecular formula is C20H24N2O4. The molecule has 2 N–H and O–H groups in total. The van der Waals surface area contributed by atoms with Crippen molar-refractivity contribution < 1.29 is 19.0 Å². The quantitative estimate of drug-likeness (QED) is 0.781. The molecule has 1 aliphatic heterocycles. The molecule has 0 atom stereocenters. The van der Waals surface area contributed by atoms with Gasteiger partial charge in [0.05, 0.1) is 0 Å². The Kier molecular flexibility index (Phi) is 5.84. The molecule has 2 amide bonds. The van der Waals surface area contributed by atoms with E-state index in [2.05, 4.69) is 24.5 Å². The van der Waals surface area contributed by atoms with Gasteiger partial charge in [0, 0.05) is 18.3 Å². The van der Waals surface area contributed by atoms with Crippen molar-refractivity contribution in [2.24, 2.45) is 5.92 Å². The van der Waals surface area contributed by atoms with Crippen molar-refractivity contribution in [3.05, 3.63) is 48.0 Å². The topological polar surface area (TPSA) is 68.8 Å². The van der Waals surface area contributed by atoms with E-state index in [1.165, 1.54) is 0 Å². The second kappa shape index (κ2) is 8.47. The molecule has 6 nitrogen and oxygen atoms in total. The van der Waals surface area contributed by atoms with Gasteiger partial charge in [0.15, 0.2) is 11.5 Å². The first-order valence-electron chi connectivity index (χ1n) is 8.76. The van der Waals surface area contributed by atoms with Gasteiger partial charge in [-0.25, -0.2) is 4.79 Å². The lowest BCUT2D eigenvalue weighted by molar-refractivity contribution is 0.173. The predicted molar refractivity (Wildman–Crippen MR) is 99.8 cm³/mol. The Balaban J connectivity index is 1.51. The van der Waals surface area contributed by atoms with Gasteiger partial charge in [0.2, 0.25) is 6.79 Å². The fourth-order valence-corrected chi connectivity index (χ4v) is 2.52. The lowest BCUT2D eigenvalue weighted by atomic mass is 10.1. The first kappa shape index (κ1) is 17.9. The van der Waals surface area contributed by atoms with Gasteiger partial charge in [-0.1, -0.05) is 26.0 Å². The van der Waals surface area contributed by atoms with E-state index in [4.69, 9.17) is 14.2 Å². The molecule has 2 aromatic rings. The molecule has 0 aromatic heterocycles. The summed E-state index contributed by atoms with van der Waals surface area (Å²) in [6.07, 6.45) is 0.955. The fourth-order valence-electron chi connectivity index (χ4n) is 2.52. The lowest BCUT2D eigenvalue weighted by Gasteiger charge is -2.11. The summed E-state index contributed by atoms with van der Waals surface area (Å²) in [4.78, 5) is 11.9. The average molecular weight is 356 g/mol. The minimum Gasteiger partial charge on any atom is -0.489 e. The van der Waals surface area contributed by atoms with Crippen molar-refractivity contribution in [3.63, 3.8) is 0 Å². The van der Waals surface area contributed by atoms with Crippen LogP contribution in [0.3, 0.4) is 0 Å². The van der Waals surface area contributed by atoms with Crippen LogP contribution in [0, 0.1) is 5.92 Å². The molecule has 26 heavy (non-hydrogen) atoms. The number of rotatable bonds is 7. The summed E-state index contributed by atoms with van der Waals surface area (Å²) in [5.41, 5.74) is 1.70. The number of hydrogen-bond donors (Lipinski definition) is 2. The number of anilines is 1. The van der Waals surface area contributed by atoms with Crippen LogP contribution in [0.15, 0.2) is 42.5 Å². The highest BCUT2D eigenvalue weighted by molar-refractivity contribution is 5.89. The monoisotopic (exact) mass is 356 g/mol. The third kappa shape index (κ3) is 5.05. The summed E-state index contributed by atoms with van der Waals surface area (Å²) in [6, 6.07) is 12.9. The highest BCUT2D eigenvalue weighted by atomic mass is 16.7. The van der Waals surface area contributed by atoms with Gasteiger partial charge in [-0.3, -0.25) is 0 Å². The molecule has 1 aliphatic rings. The number of carbonyl (C=O) groups is 1. The second-order valence-electron chi connectivity index (χ2n) is 6.57. The van der Waals surface area contributed by atoms with Gasteiger partial charge >= 0.3 is 6.03 Å². The zero-order valence-corrected chi connectivity index (χ0v) is 15.1. The van der Waals surface area contributed by atoms with Crippen LogP contribution < -0.4 is 24.8 Å². The lowest BCUT2D eigenvalue weighted by Crippen LogP contribution is -2.30. The molecule has 138 valence electrons. The summed E-state index contributed by atoms with van der Waals surface area (Å²) in [5.74, 6) is 2.69. The largest absolute Gasteiger partial charge is 0.489 e. The number of ether oxygens (including phenoxy) is 3. The first-order valence-corrected chi connectivity index (χ1v) is 8.76. The summed E-state index contributed by atoms with van der Waals surface area (Å²) < 4.78 is 16.4. The van der Waals surface area contributed by atoms with Gasteiger partial charge in [-0.15, -0.1) is 0 Å². The molecule has 0 spiro atoms. The highest BCUT2D eigenvalue weighted by Crippen LogP contribution is 2.35.